The van der Waals surface area contributed by atoms with Gasteiger partial charge in [0.1, 0.15) is 11.6 Å². The first-order valence-electron chi connectivity index (χ1n) is 10.5. The molecule has 154 valence electrons. The minimum atomic E-state index is 0.222. The van der Waals surface area contributed by atoms with E-state index in [1.54, 1.807) is 13.3 Å². The molecule has 0 radical (unpaired) electrons. The third-order valence-corrected chi connectivity index (χ3v) is 5.48. The second kappa shape index (κ2) is 9.60. The fourth-order valence-electron chi connectivity index (χ4n) is 3.96. The number of aromatic amines is 1. The van der Waals surface area contributed by atoms with Gasteiger partial charge in [0.15, 0.2) is 5.96 Å². The molecule has 0 bridgehead atoms. The number of H-pyrrole nitrogens is 1. The molecule has 0 spiro atoms. The number of piperidine rings is 1. The number of hydrogen-bond donors (Lipinski definition) is 3. The summed E-state index contributed by atoms with van der Waals surface area (Å²) in [6, 6.07) is 12.4. The van der Waals surface area contributed by atoms with E-state index in [9.17, 15) is 0 Å². The van der Waals surface area contributed by atoms with E-state index in [1.807, 2.05) is 24.3 Å². The predicted molar refractivity (Wildman–Crippen MR) is 116 cm³/mol. The Balaban J connectivity index is 1.30. The van der Waals surface area contributed by atoms with E-state index >= 15 is 0 Å². The Morgan fingerprint density at radius 3 is 2.79 bits per heavy atom. The van der Waals surface area contributed by atoms with Crippen LogP contribution in [-0.2, 0) is 6.42 Å². The lowest BCUT2D eigenvalue weighted by Crippen LogP contribution is -2.44. The SMILES string of the molecule is CN=C(NCCc1nc2ccccc2[nH]1)NCC(c1ccco1)N1CCCCC1. The summed E-state index contributed by atoms with van der Waals surface area (Å²) < 4.78 is 5.73. The number of nitrogens with one attached hydrogen (secondary N) is 3. The van der Waals surface area contributed by atoms with E-state index in [1.165, 1.54) is 19.3 Å². The van der Waals surface area contributed by atoms with E-state index < -0.39 is 0 Å². The maximum Gasteiger partial charge on any atom is 0.191 e. The number of imidazole rings is 1. The lowest BCUT2D eigenvalue weighted by atomic mass is 10.1. The van der Waals surface area contributed by atoms with Crippen molar-refractivity contribution in [2.45, 2.75) is 31.7 Å². The van der Waals surface area contributed by atoms with Crippen molar-refractivity contribution in [1.82, 2.24) is 25.5 Å². The molecule has 1 fully saturated rings. The number of nitrogens with zero attached hydrogens (tertiary/aromatic N) is 3. The Labute approximate surface area is 171 Å². The highest BCUT2D eigenvalue weighted by Gasteiger charge is 2.24. The molecule has 0 aliphatic carbocycles. The number of hydrogen-bond acceptors (Lipinski definition) is 4. The van der Waals surface area contributed by atoms with Crippen molar-refractivity contribution in [3.05, 3.63) is 54.2 Å². The van der Waals surface area contributed by atoms with Crippen LogP contribution >= 0.6 is 0 Å². The smallest absolute Gasteiger partial charge is 0.191 e. The highest BCUT2D eigenvalue weighted by atomic mass is 16.3. The van der Waals surface area contributed by atoms with Crippen LogP contribution in [0.5, 0.6) is 0 Å². The van der Waals surface area contributed by atoms with Crippen LogP contribution in [0.1, 0.15) is 36.9 Å². The van der Waals surface area contributed by atoms with E-state index in [2.05, 4.69) is 42.6 Å². The molecule has 1 saturated heterocycles. The molecule has 2 aromatic heterocycles. The molecule has 1 atom stereocenters. The third-order valence-electron chi connectivity index (χ3n) is 5.48. The number of para-hydroxylation sites is 2. The van der Waals surface area contributed by atoms with Gasteiger partial charge in [0.25, 0.3) is 0 Å². The van der Waals surface area contributed by atoms with Crippen molar-refractivity contribution in [3.8, 4) is 0 Å². The minimum absolute atomic E-state index is 0.222. The molecule has 3 N–H and O–H groups in total. The Bertz CT molecular complexity index is 877. The molecule has 1 aromatic carbocycles. The Kier molecular flexibility index (Phi) is 6.46. The van der Waals surface area contributed by atoms with E-state index in [4.69, 9.17) is 4.42 Å². The fourth-order valence-corrected chi connectivity index (χ4v) is 3.96. The molecule has 7 nitrogen and oxygen atoms in total. The Morgan fingerprint density at radius 1 is 1.17 bits per heavy atom. The average Bonchev–Trinajstić information content (AvgIpc) is 3.43. The van der Waals surface area contributed by atoms with Crippen LogP contribution in [0.4, 0.5) is 0 Å². The molecule has 1 unspecified atom stereocenters. The van der Waals surface area contributed by atoms with Crippen LogP contribution in [0.3, 0.4) is 0 Å². The van der Waals surface area contributed by atoms with Gasteiger partial charge in [0, 0.05) is 26.6 Å². The maximum atomic E-state index is 5.73. The summed E-state index contributed by atoms with van der Waals surface area (Å²) in [5.41, 5.74) is 2.08. The van der Waals surface area contributed by atoms with Crippen molar-refractivity contribution >= 4 is 17.0 Å². The van der Waals surface area contributed by atoms with Crippen LogP contribution in [0.15, 0.2) is 52.1 Å². The summed E-state index contributed by atoms with van der Waals surface area (Å²) in [6.45, 7) is 3.75. The zero-order valence-electron chi connectivity index (χ0n) is 17.0. The van der Waals surface area contributed by atoms with Crippen LogP contribution < -0.4 is 10.6 Å². The second-order valence-corrected chi connectivity index (χ2v) is 7.46. The number of likely N-dealkylation sites (tertiary alicyclic amines) is 1. The van der Waals surface area contributed by atoms with Gasteiger partial charge in [-0.05, 0) is 50.2 Å². The topological polar surface area (TPSA) is 81.5 Å². The van der Waals surface area contributed by atoms with Gasteiger partial charge in [-0.2, -0.15) is 0 Å². The lowest BCUT2D eigenvalue weighted by molar-refractivity contribution is 0.146. The first-order chi connectivity index (χ1) is 14.3. The molecular formula is C22H30N6O. The summed E-state index contributed by atoms with van der Waals surface area (Å²) in [4.78, 5) is 14.9. The van der Waals surface area contributed by atoms with Crippen molar-refractivity contribution < 1.29 is 4.42 Å². The number of aromatic nitrogens is 2. The van der Waals surface area contributed by atoms with Crippen molar-refractivity contribution in [2.24, 2.45) is 4.99 Å². The Morgan fingerprint density at radius 2 is 2.03 bits per heavy atom. The quantitative estimate of drug-likeness (QED) is 0.424. The molecule has 1 aliphatic rings. The summed E-state index contributed by atoms with van der Waals surface area (Å²) in [5, 5.41) is 6.87. The van der Waals surface area contributed by atoms with Gasteiger partial charge < -0.3 is 20.0 Å². The highest BCUT2D eigenvalue weighted by molar-refractivity contribution is 5.79. The van der Waals surface area contributed by atoms with Crippen LogP contribution in [0.25, 0.3) is 11.0 Å². The Hall–Kier alpha value is -2.80. The molecule has 29 heavy (non-hydrogen) atoms. The molecule has 0 saturated carbocycles. The van der Waals surface area contributed by atoms with Crippen LogP contribution in [0.2, 0.25) is 0 Å². The lowest BCUT2D eigenvalue weighted by Gasteiger charge is -2.33. The summed E-state index contributed by atoms with van der Waals surface area (Å²) >= 11 is 0. The number of benzene rings is 1. The molecule has 3 heterocycles. The van der Waals surface area contributed by atoms with E-state index in [-0.39, 0.29) is 6.04 Å². The van der Waals surface area contributed by atoms with Gasteiger partial charge >= 0.3 is 0 Å². The molecule has 7 heteroatoms. The van der Waals surface area contributed by atoms with E-state index in [0.717, 1.165) is 61.2 Å². The van der Waals surface area contributed by atoms with Gasteiger partial charge in [0.2, 0.25) is 0 Å². The highest BCUT2D eigenvalue weighted by Crippen LogP contribution is 2.24. The largest absolute Gasteiger partial charge is 0.468 e. The zero-order valence-corrected chi connectivity index (χ0v) is 17.0. The zero-order chi connectivity index (χ0) is 19.9. The minimum Gasteiger partial charge on any atom is -0.468 e. The van der Waals surface area contributed by atoms with Gasteiger partial charge in [-0.25, -0.2) is 4.98 Å². The van der Waals surface area contributed by atoms with Crippen LogP contribution in [0, 0.1) is 0 Å². The summed E-state index contributed by atoms with van der Waals surface area (Å²) in [6.07, 6.45) is 6.39. The number of fused-ring (bicyclic) bond motifs is 1. The first-order valence-corrected chi connectivity index (χ1v) is 10.5. The monoisotopic (exact) mass is 394 g/mol. The maximum absolute atomic E-state index is 5.73. The summed E-state index contributed by atoms with van der Waals surface area (Å²) in [7, 11) is 1.80. The number of guanidine groups is 1. The van der Waals surface area contributed by atoms with E-state index in [0.29, 0.717) is 0 Å². The number of aliphatic imine (C=N–C) groups is 1. The van der Waals surface area contributed by atoms with Crippen molar-refractivity contribution in [2.75, 3.05) is 33.2 Å². The number of furan rings is 1. The second-order valence-electron chi connectivity index (χ2n) is 7.46. The summed E-state index contributed by atoms with van der Waals surface area (Å²) in [5.74, 6) is 2.79. The molecule has 4 rings (SSSR count). The van der Waals surface area contributed by atoms with Gasteiger partial charge in [-0.1, -0.05) is 18.6 Å². The number of rotatable bonds is 7. The van der Waals surface area contributed by atoms with Crippen molar-refractivity contribution in [1.29, 1.82) is 0 Å². The molecule has 3 aromatic rings. The third kappa shape index (κ3) is 4.98. The normalized spacial score (nSPS) is 16.8. The average molecular weight is 395 g/mol. The molecule has 0 amide bonds. The first kappa shape index (κ1) is 19.5. The van der Waals surface area contributed by atoms with Gasteiger partial charge in [-0.15, -0.1) is 0 Å². The van der Waals surface area contributed by atoms with Gasteiger partial charge in [0.05, 0.1) is 23.3 Å². The molecule has 1 aliphatic heterocycles. The van der Waals surface area contributed by atoms with Crippen molar-refractivity contribution in [3.63, 3.8) is 0 Å². The van der Waals surface area contributed by atoms with Gasteiger partial charge in [-0.3, -0.25) is 9.89 Å². The standard InChI is InChI=1S/C22H30N6O/c1-23-22(24-12-11-21-26-17-8-3-4-9-18(17)27-21)25-16-19(20-10-7-15-29-20)28-13-5-2-6-14-28/h3-4,7-10,15,19H,2,5-6,11-14,16H2,1H3,(H,26,27)(H2,23,24,25). The fraction of sp³-hybridized carbons (Fsp3) is 0.455. The molecular weight excluding hydrogens is 364 g/mol. The predicted octanol–water partition coefficient (Wildman–Crippen LogP) is 3.09. The van der Waals surface area contributed by atoms with Crippen LogP contribution in [-0.4, -0.2) is 54.1 Å².